The van der Waals surface area contributed by atoms with Crippen molar-refractivity contribution in [3.8, 4) is 0 Å². The minimum Gasteiger partial charge on any atom is -0.342 e. The molecule has 2 aliphatic rings. The van der Waals surface area contributed by atoms with Crippen LogP contribution in [0.4, 0.5) is 0 Å². The van der Waals surface area contributed by atoms with Crippen molar-refractivity contribution in [2.45, 2.75) is 44.2 Å². The fourth-order valence-electron chi connectivity index (χ4n) is 3.05. The average Bonchev–Trinajstić information content (AvgIpc) is 3.19. The van der Waals surface area contributed by atoms with E-state index in [9.17, 15) is 9.59 Å². The van der Waals surface area contributed by atoms with Crippen LogP contribution in [0.2, 0.25) is 0 Å². The molecule has 106 valence electrons. The highest BCUT2D eigenvalue weighted by Crippen LogP contribution is 2.45. The molecule has 4 nitrogen and oxygen atoms in total. The lowest BCUT2D eigenvalue weighted by atomic mass is 10.0. The first-order chi connectivity index (χ1) is 9.49. The molecule has 0 radical (unpaired) electrons. The summed E-state index contributed by atoms with van der Waals surface area (Å²) in [4.78, 5) is 26.2. The van der Waals surface area contributed by atoms with Crippen LogP contribution in [0.5, 0.6) is 0 Å². The minimum absolute atomic E-state index is 0.0341. The lowest BCUT2D eigenvalue weighted by molar-refractivity contribution is -0.137. The fourth-order valence-corrected chi connectivity index (χ4v) is 3.05. The van der Waals surface area contributed by atoms with E-state index in [0.29, 0.717) is 18.9 Å². The normalized spacial score (nSPS) is 28.8. The van der Waals surface area contributed by atoms with Crippen LogP contribution >= 0.6 is 0 Å². The second-order valence-corrected chi connectivity index (χ2v) is 6.24. The summed E-state index contributed by atoms with van der Waals surface area (Å²) in [5, 5.41) is 2.80. The molecule has 1 aliphatic carbocycles. The van der Waals surface area contributed by atoms with Gasteiger partial charge in [-0.2, -0.15) is 0 Å². The van der Waals surface area contributed by atoms with Crippen LogP contribution in [-0.4, -0.2) is 34.8 Å². The highest BCUT2D eigenvalue weighted by atomic mass is 16.2. The molecule has 1 aliphatic heterocycles. The highest BCUT2D eigenvalue weighted by Gasteiger charge is 2.48. The number of benzene rings is 1. The number of nitrogens with one attached hydrogen (secondary N) is 1. The Kier molecular flexibility index (Phi) is 3.04. The minimum atomic E-state index is -0.794. The molecule has 0 spiro atoms. The molecule has 1 aromatic carbocycles. The molecule has 1 saturated heterocycles. The third-order valence-electron chi connectivity index (χ3n) is 4.21. The first-order valence-electron chi connectivity index (χ1n) is 7.16. The van der Waals surface area contributed by atoms with Crippen molar-refractivity contribution < 1.29 is 9.59 Å². The highest BCUT2D eigenvalue weighted by molar-refractivity contribution is 5.93. The van der Waals surface area contributed by atoms with Crippen molar-refractivity contribution in [2.24, 2.45) is 0 Å². The van der Waals surface area contributed by atoms with E-state index in [0.717, 1.165) is 6.42 Å². The molecular formula is C16H20N2O2. The molecule has 20 heavy (non-hydrogen) atoms. The van der Waals surface area contributed by atoms with Gasteiger partial charge in [0.05, 0.1) is 0 Å². The number of nitrogens with zero attached hydrogens (tertiary/aromatic N) is 1. The van der Waals surface area contributed by atoms with Crippen LogP contribution in [0.15, 0.2) is 30.3 Å². The van der Waals surface area contributed by atoms with Crippen molar-refractivity contribution in [3.63, 3.8) is 0 Å². The molecule has 2 unspecified atom stereocenters. The Morgan fingerprint density at radius 3 is 2.60 bits per heavy atom. The van der Waals surface area contributed by atoms with E-state index in [1.807, 2.05) is 23.1 Å². The van der Waals surface area contributed by atoms with E-state index in [2.05, 4.69) is 17.4 Å². The van der Waals surface area contributed by atoms with Crippen LogP contribution < -0.4 is 5.32 Å². The molecule has 3 rings (SSSR count). The Morgan fingerprint density at radius 2 is 1.90 bits per heavy atom. The molecular weight excluding hydrogens is 252 g/mol. The number of carbonyl (C=O) groups is 2. The zero-order valence-electron chi connectivity index (χ0n) is 11.9. The van der Waals surface area contributed by atoms with Gasteiger partial charge >= 0.3 is 0 Å². The number of hydrogen-bond donors (Lipinski definition) is 1. The maximum absolute atomic E-state index is 12.6. The van der Waals surface area contributed by atoms with Gasteiger partial charge in [-0.15, -0.1) is 0 Å². The fraction of sp³-hybridized carbons (Fsp3) is 0.500. The maximum Gasteiger partial charge on any atom is 0.248 e. The van der Waals surface area contributed by atoms with Gasteiger partial charge in [-0.1, -0.05) is 30.3 Å². The molecule has 1 aromatic rings. The number of carbonyl (C=O) groups excluding carboxylic acids is 2. The first-order valence-corrected chi connectivity index (χ1v) is 7.16. The van der Waals surface area contributed by atoms with E-state index < -0.39 is 5.54 Å². The predicted octanol–water partition coefficient (Wildman–Crippen LogP) is 1.67. The summed E-state index contributed by atoms with van der Waals surface area (Å²) < 4.78 is 0. The largest absolute Gasteiger partial charge is 0.342 e. The zero-order chi connectivity index (χ0) is 14.3. The standard InChI is InChI=1S/C16H20N2O2/c1-16(2)15(20)18(9-8-14(19)17-16)13-10-12(13)11-6-4-3-5-7-11/h3-7,12-13H,8-10H2,1-2H3,(H,17,19). The first kappa shape index (κ1) is 13.2. The van der Waals surface area contributed by atoms with Crippen LogP contribution in [0.25, 0.3) is 0 Å². The van der Waals surface area contributed by atoms with Gasteiger partial charge in [-0.05, 0) is 25.8 Å². The Hall–Kier alpha value is -1.84. The summed E-state index contributed by atoms with van der Waals surface area (Å²) in [6.07, 6.45) is 1.40. The second kappa shape index (κ2) is 4.62. The lowest BCUT2D eigenvalue weighted by Gasteiger charge is -2.29. The van der Waals surface area contributed by atoms with Crippen molar-refractivity contribution >= 4 is 11.8 Å². The topological polar surface area (TPSA) is 49.4 Å². The van der Waals surface area contributed by atoms with Crippen molar-refractivity contribution in [2.75, 3.05) is 6.54 Å². The lowest BCUT2D eigenvalue weighted by Crippen LogP contribution is -2.53. The Bertz CT molecular complexity index is 539. The van der Waals surface area contributed by atoms with Gasteiger partial charge in [0, 0.05) is 24.9 Å². The summed E-state index contributed by atoms with van der Waals surface area (Å²) in [7, 11) is 0. The molecule has 0 bridgehead atoms. The summed E-state index contributed by atoms with van der Waals surface area (Å²) in [5.74, 6) is 0.415. The molecule has 2 fully saturated rings. The van der Waals surface area contributed by atoms with E-state index >= 15 is 0 Å². The van der Waals surface area contributed by atoms with Gasteiger partial charge in [-0.25, -0.2) is 0 Å². The van der Waals surface area contributed by atoms with Gasteiger partial charge in [0.1, 0.15) is 5.54 Å². The number of hydrogen-bond acceptors (Lipinski definition) is 2. The second-order valence-electron chi connectivity index (χ2n) is 6.24. The molecule has 2 amide bonds. The molecule has 1 saturated carbocycles. The van der Waals surface area contributed by atoms with E-state index in [4.69, 9.17) is 0 Å². The van der Waals surface area contributed by atoms with Crippen LogP contribution in [-0.2, 0) is 9.59 Å². The third kappa shape index (κ3) is 2.30. The Balaban J connectivity index is 1.78. The number of amides is 2. The quantitative estimate of drug-likeness (QED) is 0.890. The van der Waals surface area contributed by atoms with Gasteiger partial charge in [0.2, 0.25) is 11.8 Å². The van der Waals surface area contributed by atoms with Crippen LogP contribution in [0, 0.1) is 0 Å². The Morgan fingerprint density at radius 1 is 1.20 bits per heavy atom. The molecule has 1 N–H and O–H groups in total. The predicted molar refractivity (Wildman–Crippen MR) is 76.1 cm³/mol. The summed E-state index contributed by atoms with van der Waals surface area (Å²) in [5.41, 5.74) is 0.490. The molecule has 2 atom stereocenters. The molecule has 4 heteroatoms. The molecule has 0 aromatic heterocycles. The van der Waals surface area contributed by atoms with Gasteiger partial charge in [0.15, 0.2) is 0 Å². The summed E-state index contributed by atoms with van der Waals surface area (Å²) >= 11 is 0. The Labute approximate surface area is 119 Å². The van der Waals surface area contributed by atoms with E-state index in [1.165, 1.54) is 5.56 Å². The number of rotatable bonds is 2. The van der Waals surface area contributed by atoms with Gasteiger partial charge in [0.25, 0.3) is 0 Å². The third-order valence-corrected chi connectivity index (χ3v) is 4.21. The van der Waals surface area contributed by atoms with Gasteiger partial charge in [-0.3, -0.25) is 9.59 Å². The van der Waals surface area contributed by atoms with Crippen molar-refractivity contribution in [1.82, 2.24) is 10.2 Å². The SMILES string of the molecule is CC1(C)NC(=O)CCN(C2CC2c2ccccc2)C1=O. The van der Waals surface area contributed by atoms with Crippen LogP contribution in [0.1, 0.15) is 38.2 Å². The van der Waals surface area contributed by atoms with E-state index in [1.54, 1.807) is 13.8 Å². The van der Waals surface area contributed by atoms with Gasteiger partial charge < -0.3 is 10.2 Å². The summed E-state index contributed by atoms with van der Waals surface area (Å²) in [6, 6.07) is 10.5. The van der Waals surface area contributed by atoms with Crippen molar-refractivity contribution in [3.05, 3.63) is 35.9 Å². The van der Waals surface area contributed by atoms with Crippen LogP contribution in [0.3, 0.4) is 0 Å². The average molecular weight is 272 g/mol. The maximum atomic E-state index is 12.6. The molecule has 1 heterocycles. The smallest absolute Gasteiger partial charge is 0.248 e. The monoisotopic (exact) mass is 272 g/mol. The van der Waals surface area contributed by atoms with E-state index in [-0.39, 0.29) is 17.9 Å². The van der Waals surface area contributed by atoms with Crippen molar-refractivity contribution in [1.29, 1.82) is 0 Å². The summed E-state index contributed by atoms with van der Waals surface area (Å²) in [6.45, 7) is 4.10. The zero-order valence-corrected chi connectivity index (χ0v) is 11.9.